The molecule has 186 valence electrons. The minimum absolute atomic E-state index is 0.145. The first kappa shape index (κ1) is 24.6. The van der Waals surface area contributed by atoms with Crippen LogP contribution >= 0.6 is 0 Å². The van der Waals surface area contributed by atoms with Gasteiger partial charge in [-0.25, -0.2) is 0 Å². The van der Waals surface area contributed by atoms with E-state index in [4.69, 9.17) is 18.7 Å². The third-order valence-corrected chi connectivity index (χ3v) is 6.53. The average molecular weight is 480 g/mol. The van der Waals surface area contributed by atoms with E-state index in [-0.39, 0.29) is 11.9 Å². The summed E-state index contributed by atoms with van der Waals surface area (Å²) in [5.41, 5.74) is 2.02. The lowest BCUT2D eigenvalue weighted by molar-refractivity contribution is -0.135. The van der Waals surface area contributed by atoms with E-state index in [1.807, 2.05) is 41.3 Å². The second-order valence-corrected chi connectivity index (χ2v) is 8.70. The van der Waals surface area contributed by atoms with Gasteiger partial charge >= 0.3 is 0 Å². The number of amides is 1. The summed E-state index contributed by atoms with van der Waals surface area (Å²) in [6.45, 7) is 0.802. The number of hydrogen-bond donors (Lipinski definition) is 0. The maximum atomic E-state index is 13.1. The van der Waals surface area contributed by atoms with Crippen LogP contribution in [0.25, 0.3) is 11.4 Å². The third-order valence-electron chi connectivity index (χ3n) is 6.53. The zero-order chi connectivity index (χ0) is 24.6. The van der Waals surface area contributed by atoms with Crippen molar-refractivity contribution in [1.82, 2.24) is 15.0 Å². The molecule has 3 aromatic rings. The van der Waals surface area contributed by atoms with Gasteiger partial charge in [-0.05, 0) is 74.1 Å². The Morgan fingerprint density at radius 2 is 1.80 bits per heavy atom. The highest BCUT2D eigenvalue weighted by molar-refractivity contribution is 5.76. The number of methoxy groups -OCH3 is 3. The fraction of sp³-hybridized carbons (Fsp3) is 0.444. The van der Waals surface area contributed by atoms with Gasteiger partial charge in [0.15, 0.2) is 11.5 Å². The summed E-state index contributed by atoms with van der Waals surface area (Å²) < 4.78 is 21.3. The first-order valence-corrected chi connectivity index (χ1v) is 12.1. The van der Waals surface area contributed by atoms with Gasteiger partial charge in [0.05, 0.1) is 21.3 Å². The van der Waals surface area contributed by atoms with Crippen LogP contribution in [0, 0.1) is 0 Å². The fourth-order valence-electron chi connectivity index (χ4n) is 4.57. The van der Waals surface area contributed by atoms with E-state index in [2.05, 4.69) is 16.2 Å². The monoisotopic (exact) mass is 479 g/mol. The maximum absolute atomic E-state index is 13.1. The number of piperidine rings is 1. The molecule has 0 aliphatic carbocycles. The lowest BCUT2D eigenvalue weighted by atomic mass is 9.95. The Bertz CT molecular complexity index is 1110. The summed E-state index contributed by atoms with van der Waals surface area (Å²) in [5, 5.41) is 4.07. The quantitative estimate of drug-likeness (QED) is 0.416. The molecule has 0 bridgehead atoms. The van der Waals surface area contributed by atoms with E-state index in [9.17, 15) is 4.79 Å². The molecule has 1 saturated heterocycles. The zero-order valence-electron chi connectivity index (χ0n) is 20.7. The maximum Gasteiger partial charge on any atom is 0.227 e. The molecular formula is C27H33N3O5. The largest absolute Gasteiger partial charge is 0.497 e. The number of carbonyl (C=O) groups excluding carboxylic acids is 1. The zero-order valence-corrected chi connectivity index (χ0v) is 20.7. The smallest absolute Gasteiger partial charge is 0.227 e. The topological polar surface area (TPSA) is 86.9 Å². The van der Waals surface area contributed by atoms with Crippen LogP contribution in [0.3, 0.4) is 0 Å². The Hall–Kier alpha value is -3.55. The summed E-state index contributed by atoms with van der Waals surface area (Å²) >= 11 is 0. The second kappa shape index (κ2) is 11.7. The molecule has 0 radical (unpaired) electrons. The van der Waals surface area contributed by atoms with Gasteiger partial charge in [0.25, 0.3) is 0 Å². The molecule has 8 nitrogen and oxygen atoms in total. The van der Waals surface area contributed by atoms with E-state index in [0.29, 0.717) is 24.6 Å². The van der Waals surface area contributed by atoms with E-state index in [0.717, 1.165) is 61.5 Å². The highest BCUT2D eigenvalue weighted by Gasteiger charge is 2.26. The normalized spacial score (nSPS) is 15.6. The molecule has 35 heavy (non-hydrogen) atoms. The molecule has 4 rings (SSSR count). The van der Waals surface area contributed by atoms with Gasteiger partial charge in [-0.15, -0.1) is 0 Å². The highest BCUT2D eigenvalue weighted by atomic mass is 16.5. The van der Waals surface area contributed by atoms with Crippen molar-refractivity contribution in [2.75, 3.05) is 27.9 Å². The van der Waals surface area contributed by atoms with Gasteiger partial charge in [0.2, 0.25) is 17.6 Å². The predicted molar refractivity (Wildman–Crippen MR) is 132 cm³/mol. The molecule has 0 spiro atoms. The molecule has 0 N–H and O–H groups in total. The fourth-order valence-corrected chi connectivity index (χ4v) is 4.57. The van der Waals surface area contributed by atoms with Gasteiger partial charge < -0.3 is 23.6 Å². The summed E-state index contributed by atoms with van der Waals surface area (Å²) in [5.74, 6) is 3.36. The molecule has 1 atom stereocenters. The summed E-state index contributed by atoms with van der Waals surface area (Å²) in [6.07, 6.45) is 5.81. The van der Waals surface area contributed by atoms with Crippen molar-refractivity contribution in [2.45, 2.75) is 51.0 Å². The number of aryl methyl sites for hydroxylation is 2. The third kappa shape index (κ3) is 6.12. The second-order valence-electron chi connectivity index (χ2n) is 8.70. The Morgan fingerprint density at radius 1 is 1.00 bits per heavy atom. The predicted octanol–water partition coefficient (Wildman–Crippen LogP) is 4.71. The van der Waals surface area contributed by atoms with Gasteiger partial charge in [-0.2, -0.15) is 4.98 Å². The van der Waals surface area contributed by atoms with Crippen molar-refractivity contribution in [3.05, 3.63) is 53.9 Å². The van der Waals surface area contributed by atoms with Crippen molar-refractivity contribution < 1.29 is 23.5 Å². The Morgan fingerprint density at radius 3 is 2.54 bits per heavy atom. The molecule has 1 amide bonds. The molecule has 1 aliphatic rings. The van der Waals surface area contributed by atoms with Crippen LogP contribution in [0.4, 0.5) is 0 Å². The molecular weight excluding hydrogens is 446 g/mol. The van der Waals surface area contributed by atoms with Crippen LogP contribution in [-0.2, 0) is 17.6 Å². The average Bonchev–Trinajstić information content (AvgIpc) is 3.39. The van der Waals surface area contributed by atoms with Crippen molar-refractivity contribution in [1.29, 1.82) is 0 Å². The Labute approximate surface area is 206 Å². The number of carbonyl (C=O) groups is 1. The Kier molecular flexibility index (Phi) is 8.23. The van der Waals surface area contributed by atoms with Crippen LogP contribution < -0.4 is 14.2 Å². The van der Waals surface area contributed by atoms with Crippen molar-refractivity contribution in [3.63, 3.8) is 0 Å². The number of ether oxygens (including phenoxy) is 3. The molecule has 1 unspecified atom stereocenters. The van der Waals surface area contributed by atoms with Gasteiger partial charge in [-0.1, -0.05) is 11.2 Å². The van der Waals surface area contributed by atoms with Crippen LogP contribution in [-0.4, -0.2) is 54.9 Å². The van der Waals surface area contributed by atoms with E-state index < -0.39 is 0 Å². The standard InChI is InChI=1S/C27H33N3O5/c1-32-22-12-9-20(10-13-22)27-28-25(35-29-27)15-16-26(31)30-17-5-4-6-21(30)11-7-19-8-14-23(33-2)24(18-19)34-3/h8-10,12-14,18,21H,4-7,11,15-17H2,1-3H3. The van der Waals surface area contributed by atoms with Crippen molar-refractivity contribution in [2.24, 2.45) is 0 Å². The molecule has 2 heterocycles. The molecule has 1 aromatic heterocycles. The van der Waals surface area contributed by atoms with Crippen LogP contribution in [0.1, 0.15) is 43.6 Å². The number of rotatable bonds is 10. The molecule has 2 aromatic carbocycles. The van der Waals surface area contributed by atoms with Crippen LogP contribution in [0.2, 0.25) is 0 Å². The minimum Gasteiger partial charge on any atom is -0.497 e. The van der Waals surface area contributed by atoms with Crippen molar-refractivity contribution >= 4 is 5.91 Å². The van der Waals surface area contributed by atoms with E-state index in [1.54, 1.807) is 21.3 Å². The number of benzene rings is 2. The minimum atomic E-state index is 0.145. The molecule has 1 aliphatic heterocycles. The summed E-state index contributed by atoms with van der Waals surface area (Å²) in [4.78, 5) is 19.6. The van der Waals surface area contributed by atoms with E-state index >= 15 is 0 Å². The number of nitrogens with zero attached hydrogens (tertiary/aromatic N) is 3. The lowest BCUT2D eigenvalue weighted by Gasteiger charge is -2.36. The number of likely N-dealkylation sites (tertiary alicyclic amines) is 1. The highest BCUT2D eigenvalue weighted by Crippen LogP contribution is 2.29. The summed E-state index contributed by atoms with van der Waals surface area (Å²) in [6, 6.07) is 13.7. The van der Waals surface area contributed by atoms with Crippen LogP contribution in [0.15, 0.2) is 47.0 Å². The molecule has 8 heteroatoms. The van der Waals surface area contributed by atoms with Gasteiger partial charge in [-0.3, -0.25) is 4.79 Å². The number of hydrogen-bond acceptors (Lipinski definition) is 7. The number of aromatic nitrogens is 2. The van der Waals surface area contributed by atoms with Crippen LogP contribution in [0.5, 0.6) is 17.2 Å². The first-order valence-electron chi connectivity index (χ1n) is 12.1. The molecule has 1 fully saturated rings. The SMILES string of the molecule is COc1ccc(-c2noc(CCC(=O)N3CCCCC3CCc3ccc(OC)c(OC)c3)n2)cc1. The van der Waals surface area contributed by atoms with Crippen molar-refractivity contribution in [3.8, 4) is 28.6 Å². The van der Waals surface area contributed by atoms with Gasteiger partial charge in [0.1, 0.15) is 5.75 Å². The van der Waals surface area contributed by atoms with E-state index in [1.165, 1.54) is 5.56 Å². The lowest BCUT2D eigenvalue weighted by Crippen LogP contribution is -2.44. The Balaban J connectivity index is 1.33. The molecule has 0 saturated carbocycles. The summed E-state index contributed by atoms with van der Waals surface area (Å²) in [7, 11) is 4.91. The van der Waals surface area contributed by atoms with Gasteiger partial charge in [0, 0.05) is 31.0 Å². The first-order chi connectivity index (χ1) is 17.1.